The molecule has 3 aromatic heterocycles. The van der Waals surface area contributed by atoms with Crippen LogP contribution in [0.2, 0.25) is 0 Å². The van der Waals surface area contributed by atoms with Gasteiger partial charge in [0.2, 0.25) is 0 Å². The van der Waals surface area contributed by atoms with E-state index in [0.717, 1.165) is 65.5 Å². The van der Waals surface area contributed by atoms with E-state index < -0.39 is 0 Å². The Labute approximate surface area is 359 Å². The first-order chi connectivity index (χ1) is 29.9. The molecular formula is C58H48N2O. The number of allylic oxidation sites excluding steroid dienone is 6. The molecule has 0 unspecified atom stereocenters. The molecule has 3 nitrogen and oxygen atoms in total. The molecule has 2 aliphatic carbocycles. The van der Waals surface area contributed by atoms with Crippen LogP contribution in [-0.4, -0.2) is 9.97 Å². The number of furan rings is 1. The van der Waals surface area contributed by atoms with Gasteiger partial charge in [-0.05, 0) is 188 Å². The van der Waals surface area contributed by atoms with Crippen LogP contribution >= 0.6 is 0 Å². The van der Waals surface area contributed by atoms with Crippen LogP contribution < -0.4 is 0 Å². The lowest BCUT2D eigenvalue weighted by Crippen LogP contribution is -1.96. The minimum atomic E-state index is 0.887. The normalized spacial score (nSPS) is 13.5. The Morgan fingerprint density at radius 1 is 0.672 bits per heavy atom. The summed E-state index contributed by atoms with van der Waals surface area (Å²) in [6.45, 7) is 10.8. The smallest absolute Gasteiger partial charge is 0.134 e. The van der Waals surface area contributed by atoms with Gasteiger partial charge in [-0.3, -0.25) is 9.97 Å². The van der Waals surface area contributed by atoms with Crippen molar-refractivity contribution in [3.63, 3.8) is 0 Å². The topological polar surface area (TPSA) is 38.9 Å². The van der Waals surface area contributed by atoms with Gasteiger partial charge in [-0.2, -0.15) is 0 Å². The summed E-state index contributed by atoms with van der Waals surface area (Å²) in [5, 5.41) is 1.10. The van der Waals surface area contributed by atoms with Crippen LogP contribution in [0.4, 0.5) is 0 Å². The van der Waals surface area contributed by atoms with Gasteiger partial charge >= 0.3 is 0 Å². The van der Waals surface area contributed by atoms with Crippen molar-refractivity contribution in [2.75, 3.05) is 0 Å². The third-order valence-corrected chi connectivity index (χ3v) is 12.6. The van der Waals surface area contributed by atoms with E-state index in [2.05, 4.69) is 171 Å². The van der Waals surface area contributed by atoms with Crippen molar-refractivity contribution in [2.45, 2.75) is 52.9 Å². The fourth-order valence-corrected chi connectivity index (χ4v) is 9.39. The van der Waals surface area contributed by atoms with Gasteiger partial charge in [0, 0.05) is 42.2 Å². The van der Waals surface area contributed by atoms with E-state index in [4.69, 9.17) is 4.42 Å². The summed E-state index contributed by atoms with van der Waals surface area (Å²) in [4.78, 5) is 8.72. The SMILES string of the molecule is C=C/C(=C\c1c(C)oc2ccc(-c3cccc(-c4cccc(-c5ccc(CCC)c(-c6ccncc6C)c5)c4)c3)cc12)C1=CC(c2ccc3c(c2)-c2ccncc2C3)=CCC1. The summed E-state index contributed by atoms with van der Waals surface area (Å²) >= 11 is 0. The summed E-state index contributed by atoms with van der Waals surface area (Å²) in [5.41, 5.74) is 24.4. The molecule has 61 heavy (non-hydrogen) atoms. The number of hydrogen-bond acceptors (Lipinski definition) is 3. The van der Waals surface area contributed by atoms with E-state index in [9.17, 15) is 0 Å². The van der Waals surface area contributed by atoms with Gasteiger partial charge in [-0.25, -0.2) is 0 Å². The molecule has 0 saturated carbocycles. The van der Waals surface area contributed by atoms with Crippen molar-refractivity contribution >= 4 is 22.6 Å². The van der Waals surface area contributed by atoms with Crippen LogP contribution in [0.25, 0.3) is 78.3 Å². The van der Waals surface area contributed by atoms with E-state index in [1.165, 1.54) is 89.0 Å². The predicted molar refractivity (Wildman–Crippen MR) is 255 cm³/mol. The maximum absolute atomic E-state index is 6.38. The molecule has 0 saturated heterocycles. The lowest BCUT2D eigenvalue weighted by atomic mass is 9.88. The Hall–Kier alpha value is -7.10. The van der Waals surface area contributed by atoms with Crippen LogP contribution in [0.15, 0.2) is 180 Å². The number of aromatic nitrogens is 2. The Kier molecular flexibility index (Phi) is 10.1. The summed E-state index contributed by atoms with van der Waals surface area (Å²) in [6, 6.07) is 42.6. The minimum Gasteiger partial charge on any atom is -0.461 e. The van der Waals surface area contributed by atoms with Crippen molar-refractivity contribution in [2.24, 2.45) is 0 Å². The molecule has 0 bridgehead atoms. The standard InChI is InChI=1S/C58H48N2O/c1-5-10-40-17-18-47(32-55(40)52-23-25-59-35-37(52)3)45-15-8-12-42(28-45)43-13-9-16-46(29-43)49-21-22-58-57(34-49)54(38(4)61-58)31-39(6-2)41-11-7-14-44(27-41)48-19-20-50-30-51-36-60-26-24-53(51)56(50)33-48/h6,8-9,12-29,31-36H,2,5,7,10-11,30H2,1,3-4H3/b39-31+. The van der Waals surface area contributed by atoms with Crippen molar-refractivity contribution in [3.8, 4) is 55.6 Å². The zero-order valence-electron chi connectivity index (χ0n) is 35.1. The molecule has 0 atom stereocenters. The molecule has 0 amide bonds. The lowest BCUT2D eigenvalue weighted by molar-refractivity contribution is 0.577. The van der Waals surface area contributed by atoms with Gasteiger partial charge in [0.15, 0.2) is 0 Å². The number of rotatable bonds is 10. The molecule has 296 valence electrons. The second kappa shape index (κ2) is 16.2. The highest BCUT2D eigenvalue weighted by Crippen LogP contribution is 2.41. The summed E-state index contributed by atoms with van der Waals surface area (Å²) in [6.07, 6.45) is 21.8. The third kappa shape index (κ3) is 7.31. The molecule has 0 spiro atoms. The first kappa shape index (κ1) is 38.1. The fourth-order valence-electron chi connectivity index (χ4n) is 9.39. The van der Waals surface area contributed by atoms with Gasteiger partial charge < -0.3 is 4.42 Å². The van der Waals surface area contributed by atoms with E-state index in [1.807, 2.05) is 30.9 Å². The highest BCUT2D eigenvalue weighted by molar-refractivity contribution is 5.94. The summed E-state index contributed by atoms with van der Waals surface area (Å²) in [5.74, 6) is 0.904. The molecule has 0 fully saturated rings. The van der Waals surface area contributed by atoms with E-state index in [-0.39, 0.29) is 0 Å². The van der Waals surface area contributed by atoms with Crippen LogP contribution in [-0.2, 0) is 12.8 Å². The van der Waals surface area contributed by atoms with E-state index in [1.54, 1.807) is 0 Å². The van der Waals surface area contributed by atoms with Crippen molar-refractivity contribution in [3.05, 3.63) is 215 Å². The number of pyridine rings is 2. The molecule has 3 heteroatoms. The average Bonchev–Trinajstić information content (AvgIpc) is 3.84. The lowest BCUT2D eigenvalue weighted by Gasteiger charge is -2.16. The van der Waals surface area contributed by atoms with Gasteiger partial charge in [-0.1, -0.05) is 105 Å². The third-order valence-electron chi connectivity index (χ3n) is 12.6. The molecule has 0 N–H and O–H groups in total. The number of nitrogens with zero attached hydrogens (tertiary/aromatic N) is 2. The first-order valence-corrected chi connectivity index (χ1v) is 21.5. The van der Waals surface area contributed by atoms with Gasteiger partial charge in [-0.15, -0.1) is 0 Å². The average molecular weight is 789 g/mol. The predicted octanol–water partition coefficient (Wildman–Crippen LogP) is 15.4. The van der Waals surface area contributed by atoms with Crippen molar-refractivity contribution in [1.29, 1.82) is 0 Å². The molecule has 5 aromatic carbocycles. The molecule has 8 aromatic rings. The highest BCUT2D eigenvalue weighted by atomic mass is 16.3. The van der Waals surface area contributed by atoms with Crippen LogP contribution in [0.1, 0.15) is 65.3 Å². The van der Waals surface area contributed by atoms with Gasteiger partial charge in [0.25, 0.3) is 0 Å². The number of aryl methyl sites for hydroxylation is 3. The van der Waals surface area contributed by atoms with E-state index >= 15 is 0 Å². The van der Waals surface area contributed by atoms with Crippen LogP contribution in [0.3, 0.4) is 0 Å². The van der Waals surface area contributed by atoms with E-state index in [0.29, 0.717) is 0 Å². The molecule has 0 aliphatic heterocycles. The zero-order chi connectivity index (χ0) is 41.5. The Balaban J connectivity index is 0.953. The molecule has 3 heterocycles. The highest BCUT2D eigenvalue weighted by Gasteiger charge is 2.20. The maximum Gasteiger partial charge on any atom is 0.134 e. The second-order valence-electron chi connectivity index (χ2n) is 16.5. The Morgan fingerprint density at radius 3 is 2.08 bits per heavy atom. The fraction of sp³-hybridized carbons (Fsp3) is 0.138. The molecular weight excluding hydrogens is 741 g/mol. The monoisotopic (exact) mass is 788 g/mol. The maximum atomic E-state index is 6.38. The molecule has 10 rings (SSSR count). The molecule has 0 radical (unpaired) electrons. The van der Waals surface area contributed by atoms with Gasteiger partial charge in [0.05, 0.1) is 0 Å². The zero-order valence-corrected chi connectivity index (χ0v) is 35.1. The number of fused-ring (bicyclic) bond motifs is 4. The second-order valence-corrected chi connectivity index (χ2v) is 16.5. The largest absolute Gasteiger partial charge is 0.461 e. The quantitative estimate of drug-likeness (QED) is 0.130. The van der Waals surface area contributed by atoms with Crippen molar-refractivity contribution in [1.82, 2.24) is 9.97 Å². The van der Waals surface area contributed by atoms with Gasteiger partial charge in [0.1, 0.15) is 11.3 Å². The van der Waals surface area contributed by atoms with Crippen molar-refractivity contribution < 1.29 is 4.42 Å². The van der Waals surface area contributed by atoms with Crippen LogP contribution in [0.5, 0.6) is 0 Å². The molecule has 2 aliphatic rings. The van der Waals surface area contributed by atoms with Crippen LogP contribution in [0, 0.1) is 13.8 Å². The number of hydrogen-bond donors (Lipinski definition) is 0. The number of benzene rings is 5. The Bertz CT molecular complexity index is 3110. The minimum absolute atomic E-state index is 0.887. The summed E-state index contributed by atoms with van der Waals surface area (Å²) < 4.78 is 6.38. The first-order valence-electron chi connectivity index (χ1n) is 21.5. The summed E-state index contributed by atoms with van der Waals surface area (Å²) in [7, 11) is 0. The Morgan fingerprint density at radius 2 is 1.34 bits per heavy atom.